The molecule has 0 aliphatic carbocycles. The van der Waals surface area contributed by atoms with Crippen molar-refractivity contribution in [2.75, 3.05) is 6.54 Å². The summed E-state index contributed by atoms with van der Waals surface area (Å²) in [4.78, 5) is 20.9. The molecule has 0 fully saturated rings. The van der Waals surface area contributed by atoms with Crippen LogP contribution in [0, 0.1) is 12.3 Å². The third kappa shape index (κ3) is 4.30. The number of carboxylic acids is 1. The molecule has 0 radical (unpaired) electrons. The van der Waals surface area contributed by atoms with Crippen LogP contribution in [0.15, 0.2) is 0 Å². The number of carbonyl (C=O) groups is 2. The van der Waals surface area contributed by atoms with Crippen LogP contribution in [0.25, 0.3) is 0 Å². The number of terminal acetylenes is 1. The first-order valence-electron chi connectivity index (χ1n) is 3.26. The summed E-state index contributed by atoms with van der Waals surface area (Å²) < 4.78 is 0. The minimum Gasteiger partial charge on any atom is -0.481 e. The van der Waals surface area contributed by atoms with Crippen LogP contribution in [0.3, 0.4) is 0 Å². The molecule has 4 N–H and O–H groups in total. The van der Waals surface area contributed by atoms with Gasteiger partial charge in [0.25, 0.3) is 0 Å². The molecule has 0 aromatic rings. The molecule has 1 amide bonds. The van der Waals surface area contributed by atoms with E-state index in [0.717, 1.165) is 0 Å². The zero-order valence-electron chi connectivity index (χ0n) is 6.41. The third-order valence-electron chi connectivity index (χ3n) is 1.10. The maximum absolute atomic E-state index is 10.8. The number of aliphatic carboxylic acids is 1. The Morgan fingerprint density at radius 3 is 2.67 bits per heavy atom. The standard InChI is InChI=1S/C7H10N2O3/c1-2-3-9-7(12)5(8)4-6(10)11/h1,5H,3-4,8H2,(H,9,12)(H,10,11). The molecule has 1 unspecified atom stereocenters. The van der Waals surface area contributed by atoms with Gasteiger partial charge in [0, 0.05) is 0 Å². The number of nitrogens with one attached hydrogen (secondary N) is 1. The Hall–Kier alpha value is -1.54. The van der Waals surface area contributed by atoms with E-state index in [4.69, 9.17) is 17.3 Å². The molecule has 1 atom stereocenters. The van der Waals surface area contributed by atoms with Crippen LogP contribution in [0.4, 0.5) is 0 Å². The van der Waals surface area contributed by atoms with Gasteiger partial charge in [0.05, 0.1) is 19.0 Å². The van der Waals surface area contributed by atoms with E-state index in [0.29, 0.717) is 0 Å². The van der Waals surface area contributed by atoms with Crippen molar-refractivity contribution in [3.63, 3.8) is 0 Å². The van der Waals surface area contributed by atoms with Crippen LogP contribution in [-0.4, -0.2) is 29.6 Å². The van der Waals surface area contributed by atoms with Crippen molar-refractivity contribution < 1.29 is 14.7 Å². The molecule has 0 aromatic carbocycles. The fourth-order valence-electron chi connectivity index (χ4n) is 0.550. The van der Waals surface area contributed by atoms with Gasteiger partial charge in [-0.2, -0.15) is 0 Å². The zero-order valence-corrected chi connectivity index (χ0v) is 6.41. The Kier molecular flexibility index (Phi) is 4.49. The quantitative estimate of drug-likeness (QED) is 0.449. The topological polar surface area (TPSA) is 92.4 Å². The van der Waals surface area contributed by atoms with E-state index in [2.05, 4.69) is 11.2 Å². The van der Waals surface area contributed by atoms with Crippen LogP contribution >= 0.6 is 0 Å². The van der Waals surface area contributed by atoms with Gasteiger partial charge >= 0.3 is 5.97 Å². The minimum absolute atomic E-state index is 0.0617. The molecule has 0 aliphatic rings. The summed E-state index contributed by atoms with van der Waals surface area (Å²) in [5.74, 6) is 0.513. The van der Waals surface area contributed by atoms with Gasteiger partial charge in [0.15, 0.2) is 0 Å². The molecule has 0 aliphatic heterocycles. The van der Waals surface area contributed by atoms with E-state index in [1.807, 2.05) is 0 Å². The largest absolute Gasteiger partial charge is 0.481 e. The molecule has 5 nitrogen and oxygen atoms in total. The summed E-state index contributed by atoms with van der Waals surface area (Å²) in [5.41, 5.74) is 5.20. The van der Waals surface area contributed by atoms with E-state index in [1.165, 1.54) is 0 Å². The van der Waals surface area contributed by atoms with Crippen LogP contribution in [0.5, 0.6) is 0 Å². The maximum atomic E-state index is 10.8. The Morgan fingerprint density at radius 1 is 1.67 bits per heavy atom. The highest BCUT2D eigenvalue weighted by Crippen LogP contribution is 1.87. The first-order chi connectivity index (χ1) is 5.57. The second-order valence-corrected chi connectivity index (χ2v) is 2.13. The molecule has 12 heavy (non-hydrogen) atoms. The molecule has 0 rings (SSSR count). The van der Waals surface area contributed by atoms with E-state index >= 15 is 0 Å². The molecule has 0 bridgehead atoms. The number of nitrogens with two attached hydrogens (primary N) is 1. The van der Waals surface area contributed by atoms with Gasteiger partial charge in [-0.15, -0.1) is 6.42 Å². The lowest BCUT2D eigenvalue weighted by Crippen LogP contribution is -2.41. The van der Waals surface area contributed by atoms with Gasteiger partial charge in [-0.3, -0.25) is 9.59 Å². The van der Waals surface area contributed by atoms with Gasteiger partial charge in [-0.05, 0) is 0 Å². The van der Waals surface area contributed by atoms with Crippen molar-refractivity contribution in [2.24, 2.45) is 5.73 Å². The van der Waals surface area contributed by atoms with Gasteiger partial charge in [0.1, 0.15) is 0 Å². The van der Waals surface area contributed by atoms with Crippen molar-refractivity contribution in [1.82, 2.24) is 5.32 Å². The van der Waals surface area contributed by atoms with Crippen molar-refractivity contribution in [1.29, 1.82) is 0 Å². The fraction of sp³-hybridized carbons (Fsp3) is 0.429. The van der Waals surface area contributed by atoms with E-state index in [-0.39, 0.29) is 6.54 Å². The van der Waals surface area contributed by atoms with Crippen molar-refractivity contribution >= 4 is 11.9 Å². The number of carboxylic acid groups (broad SMARTS) is 1. The predicted molar refractivity (Wildman–Crippen MR) is 42.1 cm³/mol. The first-order valence-corrected chi connectivity index (χ1v) is 3.26. The molecule has 0 spiro atoms. The average molecular weight is 170 g/mol. The Labute approximate surface area is 69.9 Å². The molecular formula is C7H10N2O3. The molecule has 66 valence electrons. The highest BCUT2D eigenvalue weighted by Gasteiger charge is 2.15. The highest BCUT2D eigenvalue weighted by molar-refractivity contribution is 5.85. The zero-order chi connectivity index (χ0) is 9.56. The monoisotopic (exact) mass is 170 g/mol. The SMILES string of the molecule is C#CCNC(=O)C(N)CC(=O)O. The second kappa shape index (κ2) is 5.16. The molecule has 0 saturated carbocycles. The van der Waals surface area contributed by atoms with Gasteiger partial charge in [-0.1, -0.05) is 5.92 Å². The first kappa shape index (κ1) is 10.5. The normalized spacial score (nSPS) is 11.3. The van der Waals surface area contributed by atoms with E-state index in [1.54, 1.807) is 0 Å². The van der Waals surface area contributed by atoms with Crippen LogP contribution < -0.4 is 11.1 Å². The lowest BCUT2D eigenvalue weighted by molar-refractivity contribution is -0.139. The van der Waals surface area contributed by atoms with E-state index in [9.17, 15) is 9.59 Å². The summed E-state index contributed by atoms with van der Waals surface area (Å²) in [6.45, 7) is 0.0617. The molecule has 5 heteroatoms. The Morgan fingerprint density at radius 2 is 2.25 bits per heavy atom. The highest BCUT2D eigenvalue weighted by atomic mass is 16.4. The molecule has 0 heterocycles. The summed E-state index contributed by atoms with van der Waals surface area (Å²) in [5, 5.41) is 10.5. The van der Waals surface area contributed by atoms with Crippen LogP contribution in [0.2, 0.25) is 0 Å². The van der Waals surface area contributed by atoms with Gasteiger partial charge in [0.2, 0.25) is 5.91 Å². The van der Waals surface area contributed by atoms with Gasteiger partial charge in [-0.25, -0.2) is 0 Å². The third-order valence-corrected chi connectivity index (χ3v) is 1.10. The van der Waals surface area contributed by atoms with Crippen LogP contribution in [0.1, 0.15) is 6.42 Å². The molecular weight excluding hydrogens is 160 g/mol. The van der Waals surface area contributed by atoms with Crippen molar-refractivity contribution in [3.05, 3.63) is 0 Å². The van der Waals surface area contributed by atoms with Crippen molar-refractivity contribution in [2.45, 2.75) is 12.5 Å². The number of amides is 1. The maximum Gasteiger partial charge on any atom is 0.305 e. The van der Waals surface area contributed by atoms with Crippen molar-refractivity contribution in [3.8, 4) is 12.3 Å². The number of rotatable bonds is 4. The fourth-order valence-corrected chi connectivity index (χ4v) is 0.550. The number of hydrogen-bond acceptors (Lipinski definition) is 3. The molecule has 0 aromatic heterocycles. The predicted octanol–water partition coefficient (Wildman–Crippen LogP) is -1.46. The summed E-state index contributed by atoms with van der Waals surface area (Å²) >= 11 is 0. The Balaban J connectivity index is 3.78. The summed E-state index contributed by atoms with van der Waals surface area (Å²) in [7, 11) is 0. The lowest BCUT2D eigenvalue weighted by Gasteiger charge is -2.06. The smallest absolute Gasteiger partial charge is 0.305 e. The average Bonchev–Trinajstić information content (AvgIpc) is 1.98. The Bertz CT molecular complexity index is 219. The minimum atomic E-state index is -1.11. The second-order valence-electron chi connectivity index (χ2n) is 2.13. The number of carbonyl (C=O) groups excluding carboxylic acids is 1. The lowest BCUT2D eigenvalue weighted by atomic mass is 10.2. The summed E-state index contributed by atoms with van der Waals surface area (Å²) in [6, 6.07) is -1.03. The summed E-state index contributed by atoms with van der Waals surface area (Å²) in [6.07, 6.45) is 4.46. The number of hydrogen-bond donors (Lipinski definition) is 3. The van der Waals surface area contributed by atoms with E-state index < -0.39 is 24.3 Å². The van der Waals surface area contributed by atoms with Crippen LogP contribution in [-0.2, 0) is 9.59 Å². The molecule has 0 saturated heterocycles. The van der Waals surface area contributed by atoms with Gasteiger partial charge < -0.3 is 16.2 Å².